The maximum absolute atomic E-state index is 12.6. The molecule has 0 saturated heterocycles. The van der Waals surface area contributed by atoms with Gasteiger partial charge in [0, 0.05) is 29.6 Å². The Morgan fingerprint density at radius 3 is 2.71 bits per heavy atom. The molecule has 0 aliphatic carbocycles. The number of ether oxygens (including phenoxy) is 1. The van der Waals surface area contributed by atoms with Crippen LogP contribution in [0.1, 0.15) is 47.1 Å². The van der Waals surface area contributed by atoms with Crippen LogP contribution in [0.25, 0.3) is 0 Å². The summed E-state index contributed by atoms with van der Waals surface area (Å²) in [5.74, 6) is -0.339. The van der Waals surface area contributed by atoms with Crippen LogP contribution in [-0.4, -0.2) is 39.4 Å². The number of aliphatic imine (C=N–C) groups is 1. The average Bonchev–Trinajstić information content (AvgIpc) is 2.72. The lowest BCUT2D eigenvalue weighted by Crippen LogP contribution is -2.36. The predicted octanol–water partition coefficient (Wildman–Crippen LogP) is 4.11. The van der Waals surface area contributed by atoms with Crippen molar-refractivity contribution in [3.05, 3.63) is 59.2 Å². The fraction of sp³-hybridized carbons (Fsp3) is 0.400. The molecule has 2 atom stereocenters. The number of amidine groups is 1. The number of nitrogens with two attached hydrogens (primary N) is 1. The smallest absolute Gasteiger partial charge is 0.345 e. The second-order valence-corrected chi connectivity index (χ2v) is 8.51. The molecule has 3 rings (SSSR count). The summed E-state index contributed by atoms with van der Waals surface area (Å²) in [6, 6.07) is 5.79. The van der Waals surface area contributed by atoms with Crippen molar-refractivity contribution in [3.8, 4) is 0 Å². The number of alkyl halides is 4. The quantitative estimate of drug-likeness (QED) is 0.475. The van der Waals surface area contributed by atoms with Crippen LogP contribution in [0.15, 0.2) is 41.7 Å². The van der Waals surface area contributed by atoms with E-state index < -0.39 is 18.6 Å². The predicted molar refractivity (Wildman–Crippen MR) is 108 cm³/mol. The minimum Gasteiger partial charge on any atom is -0.379 e. The molecular weight excluding hydrogens is 436 g/mol. The normalized spacial score (nSPS) is 21.4. The number of nitrogens with zero attached hydrogens (tertiary/aromatic N) is 3. The lowest BCUT2D eigenvalue weighted by atomic mass is 9.90. The minimum atomic E-state index is -2.87. The SMILES string of the molecule is C[C@@]1(c2cc(CC(=O)c3ccc(C(F)F)cn3)ccn2)C[C@@H](COC(F)F)SC(N)=N1. The first-order valence-electron chi connectivity index (χ1n) is 9.31. The van der Waals surface area contributed by atoms with E-state index in [1.807, 2.05) is 0 Å². The van der Waals surface area contributed by atoms with Gasteiger partial charge in [-0.15, -0.1) is 0 Å². The monoisotopic (exact) mass is 456 g/mol. The van der Waals surface area contributed by atoms with E-state index in [2.05, 4.69) is 19.7 Å². The third-order valence-corrected chi connectivity index (χ3v) is 5.71. The summed E-state index contributed by atoms with van der Waals surface area (Å²) in [7, 11) is 0. The van der Waals surface area contributed by atoms with E-state index in [0.29, 0.717) is 17.7 Å². The molecule has 0 saturated carbocycles. The van der Waals surface area contributed by atoms with E-state index in [1.165, 1.54) is 30.1 Å². The van der Waals surface area contributed by atoms with Crippen molar-refractivity contribution in [3.63, 3.8) is 0 Å². The van der Waals surface area contributed by atoms with E-state index >= 15 is 0 Å². The number of halogens is 4. The van der Waals surface area contributed by atoms with Gasteiger partial charge in [0.1, 0.15) is 11.2 Å². The number of aromatic nitrogens is 2. The Kier molecular flexibility index (Phi) is 7.26. The summed E-state index contributed by atoms with van der Waals surface area (Å²) in [5.41, 5.74) is 6.01. The fourth-order valence-corrected chi connectivity index (χ4v) is 4.41. The van der Waals surface area contributed by atoms with Gasteiger partial charge in [0.25, 0.3) is 6.43 Å². The summed E-state index contributed by atoms with van der Waals surface area (Å²) in [5, 5.41) is -0.0932. The molecule has 2 aromatic heterocycles. The number of Topliss-reactive ketones (excluding diaryl/α,β-unsaturated/α-hetero) is 1. The zero-order valence-electron chi connectivity index (χ0n) is 16.5. The van der Waals surface area contributed by atoms with Crippen molar-refractivity contribution < 1.29 is 27.1 Å². The van der Waals surface area contributed by atoms with Gasteiger partial charge in [-0.3, -0.25) is 14.8 Å². The molecule has 0 aromatic carbocycles. The third kappa shape index (κ3) is 6.01. The molecule has 0 spiro atoms. The van der Waals surface area contributed by atoms with Crippen molar-refractivity contribution in [2.45, 2.75) is 43.6 Å². The van der Waals surface area contributed by atoms with E-state index in [4.69, 9.17) is 5.73 Å². The third-order valence-electron chi connectivity index (χ3n) is 4.74. The Morgan fingerprint density at radius 2 is 2.06 bits per heavy atom. The van der Waals surface area contributed by atoms with E-state index in [0.717, 1.165) is 6.20 Å². The zero-order valence-corrected chi connectivity index (χ0v) is 17.3. The second-order valence-electron chi connectivity index (χ2n) is 7.19. The van der Waals surface area contributed by atoms with Crippen LogP contribution in [0, 0.1) is 0 Å². The molecular formula is C20H20F4N4O2S. The summed E-state index contributed by atoms with van der Waals surface area (Å²) >= 11 is 1.17. The van der Waals surface area contributed by atoms with Crippen LogP contribution in [0.4, 0.5) is 17.6 Å². The number of ketones is 1. The number of pyridine rings is 2. The largest absolute Gasteiger partial charge is 0.379 e. The Balaban J connectivity index is 1.75. The number of thioether (sulfide) groups is 1. The molecule has 2 N–H and O–H groups in total. The fourth-order valence-electron chi connectivity index (χ4n) is 3.26. The van der Waals surface area contributed by atoms with Crippen LogP contribution in [0.5, 0.6) is 0 Å². The molecule has 2 aromatic rings. The standard InChI is InChI=1S/C20H20F4N4O2S/c1-20(8-13(10-30-18(23)24)31-19(25)28-20)16-7-11(4-5-26-16)6-15(29)14-3-2-12(9-27-14)17(21)22/h2-5,7,9,13,17-18H,6,8,10H2,1H3,(H2,25,28)/t13-,20-/m0/s1. The van der Waals surface area contributed by atoms with Gasteiger partial charge >= 0.3 is 6.61 Å². The van der Waals surface area contributed by atoms with Gasteiger partial charge in [-0.1, -0.05) is 11.8 Å². The van der Waals surface area contributed by atoms with Crippen molar-refractivity contribution in [2.24, 2.45) is 10.7 Å². The van der Waals surface area contributed by atoms with E-state index in [1.54, 1.807) is 19.1 Å². The Bertz CT molecular complexity index is 958. The van der Waals surface area contributed by atoms with Crippen molar-refractivity contribution in [1.82, 2.24) is 9.97 Å². The van der Waals surface area contributed by atoms with E-state index in [9.17, 15) is 22.4 Å². The van der Waals surface area contributed by atoms with Crippen LogP contribution >= 0.6 is 11.8 Å². The number of carbonyl (C=O) groups is 1. The first-order chi connectivity index (χ1) is 14.7. The lowest BCUT2D eigenvalue weighted by molar-refractivity contribution is -0.128. The molecule has 31 heavy (non-hydrogen) atoms. The maximum Gasteiger partial charge on any atom is 0.345 e. The van der Waals surface area contributed by atoms with E-state index in [-0.39, 0.29) is 40.5 Å². The Hall–Kier alpha value is -2.53. The zero-order chi connectivity index (χ0) is 22.6. The van der Waals surface area contributed by atoms with Crippen LogP contribution in [-0.2, 0) is 16.7 Å². The highest BCUT2D eigenvalue weighted by atomic mass is 32.2. The molecule has 3 heterocycles. The Morgan fingerprint density at radius 1 is 1.29 bits per heavy atom. The number of hydrogen-bond donors (Lipinski definition) is 1. The molecule has 11 heteroatoms. The molecule has 1 aliphatic rings. The molecule has 0 fully saturated rings. The lowest BCUT2D eigenvalue weighted by Gasteiger charge is -2.33. The number of hydrogen-bond acceptors (Lipinski definition) is 7. The highest BCUT2D eigenvalue weighted by molar-refractivity contribution is 8.14. The van der Waals surface area contributed by atoms with Gasteiger partial charge in [-0.2, -0.15) is 8.78 Å². The molecule has 1 aliphatic heterocycles. The van der Waals surface area contributed by atoms with Gasteiger partial charge in [0.05, 0.1) is 12.3 Å². The van der Waals surface area contributed by atoms with Crippen LogP contribution in [0.3, 0.4) is 0 Å². The summed E-state index contributed by atoms with van der Waals surface area (Å²) in [6.07, 6.45) is 0.200. The van der Waals surface area contributed by atoms with Gasteiger partial charge in [0.2, 0.25) is 0 Å². The second kappa shape index (κ2) is 9.73. The van der Waals surface area contributed by atoms with Gasteiger partial charge in [-0.25, -0.2) is 13.8 Å². The summed E-state index contributed by atoms with van der Waals surface area (Å²) in [6.45, 7) is -1.28. The molecule has 166 valence electrons. The summed E-state index contributed by atoms with van der Waals surface area (Å²) < 4.78 is 54.5. The molecule has 0 radical (unpaired) electrons. The van der Waals surface area contributed by atoms with Gasteiger partial charge < -0.3 is 10.5 Å². The summed E-state index contributed by atoms with van der Waals surface area (Å²) in [4.78, 5) is 25.1. The van der Waals surface area contributed by atoms with Crippen LogP contribution in [0.2, 0.25) is 0 Å². The van der Waals surface area contributed by atoms with Gasteiger partial charge in [0.15, 0.2) is 11.0 Å². The van der Waals surface area contributed by atoms with Crippen LogP contribution < -0.4 is 5.73 Å². The highest BCUT2D eigenvalue weighted by Gasteiger charge is 2.36. The molecule has 0 bridgehead atoms. The van der Waals surface area contributed by atoms with Crippen molar-refractivity contribution in [1.29, 1.82) is 0 Å². The number of carbonyl (C=O) groups excluding carboxylic acids is 1. The van der Waals surface area contributed by atoms with Crippen molar-refractivity contribution in [2.75, 3.05) is 6.61 Å². The highest BCUT2D eigenvalue weighted by Crippen LogP contribution is 2.38. The number of rotatable bonds is 8. The first kappa shape index (κ1) is 23.1. The topological polar surface area (TPSA) is 90.5 Å². The first-order valence-corrected chi connectivity index (χ1v) is 10.2. The van der Waals surface area contributed by atoms with Crippen molar-refractivity contribution >= 4 is 22.7 Å². The molecule has 0 unspecified atom stereocenters. The Labute approximate surface area is 180 Å². The maximum atomic E-state index is 12.6. The van der Waals surface area contributed by atoms with Gasteiger partial charge in [-0.05, 0) is 43.2 Å². The average molecular weight is 456 g/mol. The minimum absolute atomic E-state index is 0.0154. The molecule has 0 amide bonds. The molecule has 6 nitrogen and oxygen atoms in total.